The topological polar surface area (TPSA) is 178 Å². The molecule has 456 valence electrons. The summed E-state index contributed by atoms with van der Waals surface area (Å²) in [4.78, 5) is 58.5. The van der Waals surface area contributed by atoms with E-state index < -0.39 is 64.6 Å². The maximum absolute atomic E-state index is 14.6. The van der Waals surface area contributed by atoms with Crippen LogP contribution in [0.15, 0.2) is 164 Å². The van der Waals surface area contributed by atoms with Gasteiger partial charge in [0.1, 0.15) is 94.8 Å². The number of carbonyl (C=O) groups excluding carboxylic acids is 5. The summed E-state index contributed by atoms with van der Waals surface area (Å²) in [5, 5.41) is 0. The van der Waals surface area contributed by atoms with E-state index in [1.165, 1.54) is 0 Å². The van der Waals surface area contributed by atoms with Gasteiger partial charge in [-0.05, 0) is 98.0 Å². The van der Waals surface area contributed by atoms with Gasteiger partial charge in [0.15, 0.2) is 0 Å². The predicted molar refractivity (Wildman–Crippen MR) is 299 cm³/mol. The van der Waals surface area contributed by atoms with Crippen LogP contribution in [0.3, 0.4) is 0 Å². The molecule has 15 nitrogen and oxygen atoms in total. The molecule has 5 rings (SSSR count). The molecule has 0 saturated heterocycles. The van der Waals surface area contributed by atoms with Crippen LogP contribution in [0.1, 0.15) is 65.0 Å². The molecule has 84 heavy (non-hydrogen) atoms. The minimum atomic E-state index is -5.81. The first-order valence-corrected chi connectivity index (χ1v) is 26.8. The van der Waals surface area contributed by atoms with E-state index in [0.29, 0.717) is 61.6 Å². The molecule has 0 spiro atoms. The molecule has 0 N–H and O–H groups in total. The maximum atomic E-state index is 14.6. The molecule has 5 aromatic rings. The van der Waals surface area contributed by atoms with Crippen LogP contribution in [0.2, 0.25) is 0 Å². The Morgan fingerprint density at radius 3 is 1.08 bits per heavy atom. The monoisotopic (exact) mass is 1180 g/mol. The van der Waals surface area contributed by atoms with Gasteiger partial charge < -0.3 is 47.4 Å². The van der Waals surface area contributed by atoms with Gasteiger partial charge in [-0.1, -0.05) is 120 Å². The fourth-order valence-electron chi connectivity index (χ4n) is 7.34. The second-order valence-corrected chi connectivity index (χ2v) is 18.3. The van der Waals surface area contributed by atoms with Crippen LogP contribution in [0, 0.1) is 17.8 Å². The first-order chi connectivity index (χ1) is 40.1. The Balaban J connectivity index is 0.000000512. The lowest BCUT2D eigenvalue weighted by atomic mass is 9.73. The molecule has 0 heterocycles. The van der Waals surface area contributed by atoms with Crippen LogP contribution in [-0.4, -0.2) is 108 Å². The maximum Gasteiger partial charge on any atom is 0.411 e. The zero-order valence-corrected chi connectivity index (χ0v) is 47.6. The summed E-state index contributed by atoms with van der Waals surface area (Å²) in [5.74, 6) is -1.87. The van der Waals surface area contributed by atoms with Gasteiger partial charge in [0.05, 0.1) is 17.8 Å². The van der Waals surface area contributed by atoms with Crippen molar-refractivity contribution in [3.8, 4) is 28.7 Å². The third-order valence-electron chi connectivity index (χ3n) is 12.0. The van der Waals surface area contributed by atoms with Crippen molar-refractivity contribution in [1.82, 2.24) is 0 Å². The molecule has 0 aromatic heterocycles. The number of benzene rings is 5. The smallest absolute Gasteiger partial charge is 0.411 e. The van der Waals surface area contributed by atoms with Crippen molar-refractivity contribution in [1.29, 1.82) is 0 Å². The number of esters is 5. The first-order valence-electron chi connectivity index (χ1n) is 26.8. The van der Waals surface area contributed by atoms with Crippen molar-refractivity contribution >= 4 is 29.8 Å². The number of rotatable bonds is 31. The molecule has 3 atom stereocenters. The molecule has 0 fully saturated rings. The van der Waals surface area contributed by atoms with Crippen molar-refractivity contribution in [2.45, 2.75) is 71.6 Å². The Kier molecular flexibility index (Phi) is 30.6. The van der Waals surface area contributed by atoms with E-state index >= 15 is 0 Å². The van der Waals surface area contributed by atoms with Crippen LogP contribution in [0.4, 0.5) is 26.3 Å². The van der Waals surface area contributed by atoms with Crippen LogP contribution in [-0.2, 0) is 53.1 Å². The highest BCUT2D eigenvalue weighted by Gasteiger charge is 2.72. The van der Waals surface area contributed by atoms with Gasteiger partial charge in [-0.15, -0.1) is 0 Å². The molecule has 21 heteroatoms. The normalized spacial score (nSPS) is 12.1. The SMILES string of the molecule is C=C(C)C(=O)OCCOc1ccccc1.C=CC(=O)OCCOc1ccccc1.CCC(C)C(=O)OCCOc1ccc(C(c2ccc(OCCOC(=O)C(CC)CC(C)C(=O)OCCOc3ccccc3)cc2)(C(F)(F)F)C(F)(F)F)cc1. The van der Waals surface area contributed by atoms with Crippen molar-refractivity contribution < 1.29 is 97.7 Å². The summed E-state index contributed by atoms with van der Waals surface area (Å²) in [6.07, 6.45) is -9.42. The molecular formula is C63H72F6O15. The van der Waals surface area contributed by atoms with E-state index in [0.717, 1.165) is 41.8 Å². The second-order valence-electron chi connectivity index (χ2n) is 18.3. The van der Waals surface area contributed by atoms with Gasteiger partial charge in [0, 0.05) is 11.6 Å². The molecule has 0 aliphatic carbocycles. The standard InChI is InChI=1S/C40H46F6O9.C12H14O3.C11H12O3/c1-5-27(3)35(47)53-23-21-51-33-16-12-30(13-17-33)38(39(41,42)43,40(44,45)46)31-14-18-34(19-15-31)52-22-25-55-37(49)29(6-2)26-28(4)36(48)54-24-20-50-32-10-8-7-9-11-32;1-10(2)12(13)15-9-8-14-11-6-4-3-5-7-11;1-2-11(12)14-9-8-13-10-6-4-3-5-7-10/h7-19,27-29H,5-6,20-26H2,1-4H3;3-7H,1,8-9H2,2H3;2-7H,1,8-9H2. The van der Waals surface area contributed by atoms with Gasteiger partial charge in [-0.25, -0.2) is 9.59 Å². The van der Waals surface area contributed by atoms with Crippen molar-refractivity contribution in [2.24, 2.45) is 17.8 Å². The number of halogens is 6. The van der Waals surface area contributed by atoms with Crippen molar-refractivity contribution in [3.05, 3.63) is 175 Å². The lowest BCUT2D eigenvalue weighted by Crippen LogP contribution is -2.54. The highest BCUT2D eigenvalue weighted by molar-refractivity contribution is 5.86. The second kappa shape index (κ2) is 36.9. The molecule has 5 aromatic carbocycles. The van der Waals surface area contributed by atoms with Crippen LogP contribution in [0.25, 0.3) is 0 Å². The number of ether oxygens (including phenoxy) is 10. The van der Waals surface area contributed by atoms with E-state index in [4.69, 9.17) is 47.4 Å². The number of carbonyl (C=O) groups is 5. The van der Waals surface area contributed by atoms with E-state index in [9.17, 15) is 50.3 Å². The largest absolute Gasteiger partial charge is 0.490 e. The molecule has 3 unspecified atom stereocenters. The lowest BCUT2D eigenvalue weighted by Gasteiger charge is -2.38. The number of hydrogen-bond donors (Lipinski definition) is 0. The fourth-order valence-corrected chi connectivity index (χ4v) is 7.34. The Morgan fingerprint density at radius 1 is 0.440 bits per heavy atom. The Bertz CT molecular complexity index is 2730. The minimum absolute atomic E-state index is 0.0194. The molecular weight excluding hydrogens is 1110 g/mol. The van der Waals surface area contributed by atoms with Crippen molar-refractivity contribution in [2.75, 3.05) is 66.1 Å². The summed E-state index contributed by atoms with van der Waals surface area (Å²) < 4.78 is 140. The van der Waals surface area contributed by atoms with Gasteiger partial charge in [-0.2, -0.15) is 26.3 Å². The summed E-state index contributed by atoms with van der Waals surface area (Å²) in [6.45, 7) is 15.7. The molecule has 0 radical (unpaired) electrons. The number of para-hydroxylation sites is 3. The fraction of sp³-hybridized carbons (Fsp3) is 0.381. The van der Waals surface area contributed by atoms with Gasteiger partial charge >= 0.3 is 42.2 Å². The van der Waals surface area contributed by atoms with E-state index in [1.54, 1.807) is 46.8 Å². The van der Waals surface area contributed by atoms with Crippen LogP contribution < -0.4 is 23.7 Å². The average molecular weight is 1180 g/mol. The van der Waals surface area contributed by atoms with Crippen LogP contribution >= 0.6 is 0 Å². The lowest BCUT2D eigenvalue weighted by molar-refractivity contribution is -0.288. The summed E-state index contributed by atoms with van der Waals surface area (Å²) in [7, 11) is 0. The molecule has 0 amide bonds. The van der Waals surface area contributed by atoms with Gasteiger partial charge in [-0.3, -0.25) is 14.4 Å². The van der Waals surface area contributed by atoms with E-state index in [-0.39, 0.29) is 82.7 Å². The predicted octanol–water partition coefficient (Wildman–Crippen LogP) is 12.6. The van der Waals surface area contributed by atoms with Crippen molar-refractivity contribution in [3.63, 3.8) is 0 Å². The molecule has 0 aliphatic rings. The van der Waals surface area contributed by atoms with Gasteiger partial charge in [0.2, 0.25) is 5.41 Å². The summed E-state index contributed by atoms with van der Waals surface area (Å²) in [5.41, 5.74) is -6.19. The van der Waals surface area contributed by atoms with E-state index in [2.05, 4.69) is 13.2 Å². The summed E-state index contributed by atoms with van der Waals surface area (Å²) >= 11 is 0. The van der Waals surface area contributed by atoms with E-state index in [1.807, 2.05) is 78.9 Å². The Labute approximate surface area is 485 Å². The highest BCUT2D eigenvalue weighted by atomic mass is 19.4. The number of hydrogen-bond acceptors (Lipinski definition) is 15. The zero-order chi connectivity index (χ0) is 62.0. The third kappa shape index (κ3) is 24.1. The average Bonchev–Trinajstić information content (AvgIpc) is 0.856. The van der Waals surface area contributed by atoms with Gasteiger partial charge in [0.25, 0.3) is 0 Å². The first kappa shape index (κ1) is 69.8. The highest BCUT2D eigenvalue weighted by Crippen LogP contribution is 2.56. The molecule has 0 bridgehead atoms. The Hall–Kier alpha value is -8.49. The number of alkyl halides is 6. The zero-order valence-electron chi connectivity index (χ0n) is 47.6. The minimum Gasteiger partial charge on any atom is -0.490 e. The Morgan fingerprint density at radius 2 is 0.762 bits per heavy atom. The third-order valence-corrected chi connectivity index (χ3v) is 12.0. The quantitative estimate of drug-likeness (QED) is 0.0134. The summed E-state index contributed by atoms with van der Waals surface area (Å²) in [6, 6.07) is 34.4. The van der Waals surface area contributed by atoms with Crippen LogP contribution in [0.5, 0.6) is 28.7 Å². The molecule has 0 aliphatic heterocycles. The molecule has 0 saturated carbocycles.